The van der Waals surface area contributed by atoms with E-state index in [9.17, 15) is 19.7 Å². The number of hydrogen-bond donors (Lipinski definition) is 1. The van der Waals surface area contributed by atoms with Gasteiger partial charge >= 0.3 is 0 Å². The van der Waals surface area contributed by atoms with Gasteiger partial charge in [0.2, 0.25) is 0 Å². The van der Waals surface area contributed by atoms with Crippen LogP contribution in [0.1, 0.15) is 39.1 Å². The van der Waals surface area contributed by atoms with Gasteiger partial charge in [0.15, 0.2) is 0 Å². The number of carbonyl (C=O) groups excluding carboxylic acids is 2. The fourth-order valence-electron chi connectivity index (χ4n) is 3.00. The van der Waals surface area contributed by atoms with E-state index in [1.165, 1.54) is 18.2 Å². The zero-order valence-electron chi connectivity index (χ0n) is 14.4. The SMILES string of the molecule is Cc1cc(C(=O)Nc2ccc(C(=O)N3CCCC3)cc2)ccc1[N+](=O)[O-]. The van der Waals surface area contributed by atoms with Crippen molar-refractivity contribution in [3.05, 3.63) is 69.3 Å². The van der Waals surface area contributed by atoms with Crippen LogP contribution in [0, 0.1) is 17.0 Å². The van der Waals surface area contributed by atoms with Crippen molar-refractivity contribution in [3.63, 3.8) is 0 Å². The second-order valence-corrected chi connectivity index (χ2v) is 6.29. The fourth-order valence-corrected chi connectivity index (χ4v) is 3.00. The van der Waals surface area contributed by atoms with E-state index in [1.807, 2.05) is 4.90 Å². The van der Waals surface area contributed by atoms with Crippen LogP contribution in [-0.2, 0) is 0 Å². The van der Waals surface area contributed by atoms with Gasteiger partial charge in [0.05, 0.1) is 4.92 Å². The molecule has 0 spiro atoms. The second kappa shape index (κ2) is 7.35. The lowest BCUT2D eigenvalue weighted by molar-refractivity contribution is -0.385. The number of amides is 2. The summed E-state index contributed by atoms with van der Waals surface area (Å²) in [5, 5.41) is 13.6. The molecule has 7 heteroatoms. The number of benzene rings is 2. The largest absolute Gasteiger partial charge is 0.339 e. The predicted octanol–water partition coefficient (Wildman–Crippen LogP) is 3.39. The molecule has 134 valence electrons. The minimum absolute atomic E-state index is 0.00590. The summed E-state index contributed by atoms with van der Waals surface area (Å²) in [5.74, 6) is -0.354. The molecular weight excluding hydrogens is 334 g/mol. The molecule has 1 N–H and O–H groups in total. The number of hydrogen-bond acceptors (Lipinski definition) is 4. The first-order valence-corrected chi connectivity index (χ1v) is 8.41. The molecule has 26 heavy (non-hydrogen) atoms. The van der Waals surface area contributed by atoms with E-state index >= 15 is 0 Å². The van der Waals surface area contributed by atoms with Gasteiger partial charge in [-0.3, -0.25) is 19.7 Å². The molecule has 2 aromatic carbocycles. The number of nitro benzene ring substituents is 1. The van der Waals surface area contributed by atoms with Crippen molar-refractivity contribution in [1.82, 2.24) is 4.90 Å². The van der Waals surface area contributed by atoms with E-state index in [4.69, 9.17) is 0 Å². The van der Waals surface area contributed by atoms with Gasteiger partial charge in [-0.25, -0.2) is 0 Å². The third-order valence-corrected chi connectivity index (χ3v) is 4.44. The van der Waals surface area contributed by atoms with E-state index in [-0.39, 0.29) is 17.5 Å². The predicted molar refractivity (Wildman–Crippen MR) is 97.4 cm³/mol. The molecular formula is C19H19N3O4. The molecule has 1 aliphatic rings. The Bertz CT molecular complexity index is 856. The lowest BCUT2D eigenvalue weighted by atomic mass is 10.1. The quantitative estimate of drug-likeness (QED) is 0.673. The molecule has 0 saturated carbocycles. The van der Waals surface area contributed by atoms with E-state index < -0.39 is 4.92 Å². The van der Waals surface area contributed by atoms with E-state index in [0.29, 0.717) is 22.4 Å². The monoisotopic (exact) mass is 353 g/mol. The molecule has 0 aliphatic carbocycles. The summed E-state index contributed by atoms with van der Waals surface area (Å²) in [4.78, 5) is 36.8. The minimum atomic E-state index is -0.479. The Hall–Kier alpha value is -3.22. The number of rotatable bonds is 4. The van der Waals surface area contributed by atoms with Crippen molar-refractivity contribution in [3.8, 4) is 0 Å². The van der Waals surface area contributed by atoms with E-state index in [2.05, 4.69) is 5.32 Å². The van der Waals surface area contributed by atoms with Crippen LogP contribution in [0.5, 0.6) is 0 Å². The van der Waals surface area contributed by atoms with Gasteiger partial charge in [-0.1, -0.05) is 0 Å². The highest BCUT2D eigenvalue weighted by Gasteiger charge is 2.19. The second-order valence-electron chi connectivity index (χ2n) is 6.29. The van der Waals surface area contributed by atoms with Crippen molar-refractivity contribution in [1.29, 1.82) is 0 Å². The van der Waals surface area contributed by atoms with Crippen LogP contribution in [0.3, 0.4) is 0 Å². The van der Waals surface area contributed by atoms with Gasteiger partial charge in [0.25, 0.3) is 17.5 Å². The summed E-state index contributed by atoms with van der Waals surface area (Å²) in [6.45, 7) is 3.17. The van der Waals surface area contributed by atoms with Crippen molar-refractivity contribution < 1.29 is 14.5 Å². The smallest absolute Gasteiger partial charge is 0.272 e. The highest BCUT2D eigenvalue weighted by molar-refractivity contribution is 6.05. The van der Waals surface area contributed by atoms with Gasteiger partial charge in [-0.15, -0.1) is 0 Å². The van der Waals surface area contributed by atoms with E-state index in [0.717, 1.165) is 25.9 Å². The van der Waals surface area contributed by atoms with Crippen molar-refractivity contribution in [2.24, 2.45) is 0 Å². The van der Waals surface area contributed by atoms with Crippen LogP contribution >= 0.6 is 0 Å². The third kappa shape index (κ3) is 3.72. The first-order valence-electron chi connectivity index (χ1n) is 8.41. The lowest BCUT2D eigenvalue weighted by Crippen LogP contribution is -2.27. The molecule has 1 saturated heterocycles. The number of nitrogens with one attached hydrogen (secondary N) is 1. The lowest BCUT2D eigenvalue weighted by Gasteiger charge is -2.15. The number of nitro groups is 1. The molecule has 2 amide bonds. The van der Waals surface area contributed by atoms with Crippen LogP contribution in [0.2, 0.25) is 0 Å². The van der Waals surface area contributed by atoms with Crippen LogP contribution in [0.4, 0.5) is 11.4 Å². The average Bonchev–Trinajstić information content (AvgIpc) is 3.16. The number of nitrogens with zero attached hydrogens (tertiary/aromatic N) is 2. The van der Waals surface area contributed by atoms with Gasteiger partial charge in [-0.05, 0) is 56.2 Å². The molecule has 1 heterocycles. The van der Waals surface area contributed by atoms with Crippen molar-refractivity contribution in [2.75, 3.05) is 18.4 Å². The van der Waals surface area contributed by atoms with Crippen LogP contribution in [-0.4, -0.2) is 34.7 Å². The Balaban J connectivity index is 1.68. The van der Waals surface area contributed by atoms with Gasteiger partial charge < -0.3 is 10.2 Å². The van der Waals surface area contributed by atoms with Crippen molar-refractivity contribution >= 4 is 23.2 Å². The molecule has 1 fully saturated rings. The topological polar surface area (TPSA) is 92.6 Å². The number of carbonyl (C=O) groups is 2. The molecule has 0 atom stereocenters. The maximum absolute atomic E-state index is 12.3. The highest BCUT2D eigenvalue weighted by atomic mass is 16.6. The Morgan fingerprint density at radius 2 is 1.65 bits per heavy atom. The molecule has 0 radical (unpaired) electrons. The Morgan fingerprint density at radius 1 is 1.04 bits per heavy atom. The van der Waals surface area contributed by atoms with Crippen LogP contribution < -0.4 is 5.32 Å². The van der Waals surface area contributed by atoms with Crippen LogP contribution in [0.25, 0.3) is 0 Å². The summed E-state index contributed by atoms with van der Waals surface area (Å²) in [7, 11) is 0. The molecule has 0 aromatic heterocycles. The highest BCUT2D eigenvalue weighted by Crippen LogP contribution is 2.20. The third-order valence-electron chi connectivity index (χ3n) is 4.44. The Kier molecular flexibility index (Phi) is 4.97. The minimum Gasteiger partial charge on any atom is -0.339 e. The summed E-state index contributed by atoms with van der Waals surface area (Å²) >= 11 is 0. The fraction of sp³-hybridized carbons (Fsp3) is 0.263. The molecule has 7 nitrogen and oxygen atoms in total. The zero-order valence-corrected chi connectivity index (χ0v) is 14.4. The summed E-state index contributed by atoms with van der Waals surface area (Å²) in [5.41, 5.74) is 1.89. The molecule has 0 unspecified atom stereocenters. The maximum atomic E-state index is 12.3. The van der Waals surface area contributed by atoms with E-state index in [1.54, 1.807) is 31.2 Å². The molecule has 0 bridgehead atoms. The molecule has 1 aliphatic heterocycles. The zero-order chi connectivity index (χ0) is 18.7. The summed E-state index contributed by atoms with van der Waals surface area (Å²) < 4.78 is 0. The van der Waals surface area contributed by atoms with Crippen molar-refractivity contribution in [2.45, 2.75) is 19.8 Å². The standard InChI is InChI=1S/C19H19N3O4/c1-13-12-15(6-9-17(13)22(25)26)18(23)20-16-7-4-14(5-8-16)19(24)21-10-2-3-11-21/h4-9,12H,2-3,10-11H2,1H3,(H,20,23). The molecule has 3 rings (SSSR count). The van der Waals surface area contributed by atoms with Gasteiger partial charge in [0.1, 0.15) is 0 Å². The average molecular weight is 353 g/mol. The Labute approximate surface area is 150 Å². The van der Waals surface area contributed by atoms with Crippen LogP contribution in [0.15, 0.2) is 42.5 Å². The maximum Gasteiger partial charge on any atom is 0.272 e. The first-order chi connectivity index (χ1) is 12.5. The molecule has 2 aromatic rings. The first kappa shape index (κ1) is 17.6. The normalized spacial score (nSPS) is 13.5. The Morgan fingerprint density at radius 3 is 2.23 bits per heavy atom. The van der Waals surface area contributed by atoms with Gasteiger partial charge in [0, 0.05) is 41.5 Å². The number of anilines is 1. The van der Waals surface area contributed by atoms with Gasteiger partial charge in [-0.2, -0.15) is 0 Å². The number of likely N-dealkylation sites (tertiary alicyclic amines) is 1. The summed E-state index contributed by atoms with van der Waals surface area (Å²) in [6.07, 6.45) is 2.07. The number of aryl methyl sites for hydroxylation is 1. The summed E-state index contributed by atoms with van der Waals surface area (Å²) in [6, 6.07) is 11.0.